The number of sulfonamides is 1. The largest absolute Gasteiger partial charge is 0.497 e. The Balaban J connectivity index is 1.69. The first-order valence-electron chi connectivity index (χ1n) is 13.1. The first-order chi connectivity index (χ1) is 19.9. The monoisotopic (exact) mass is 613 g/mol. The summed E-state index contributed by atoms with van der Waals surface area (Å²) in [7, 11) is -2.25. The van der Waals surface area contributed by atoms with Gasteiger partial charge in [0.15, 0.2) is 5.76 Å². The minimum absolute atomic E-state index is 0.0547. The van der Waals surface area contributed by atoms with Crippen LogP contribution in [0, 0.1) is 22.0 Å². The van der Waals surface area contributed by atoms with Gasteiger partial charge in [0, 0.05) is 18.7 Å². The number of amides is 1. The molecule has 2 aromatic heterocycles. The number of anilines is 1. The van der Waals surface area contributed by atoms with Gasteiger partial charge in [-0.25, -0.2) is 13.4 Å². The van der Waals surface area contributed by atoms with E-state index in [0.717, 1.165) is 9.71 Å². The Labute approximate surface area is 247 Å². The van der Waals surface area contributed by atoms with Crippen molar-refractivity contribution in [3.05, 3.63) is 76.0 Å². The highest BCUT2D eigenvalue weighted by Gasteiger charge is 2.27. The van der Waals surface area contributed by atoms with Crippen LogP contribution in [0.5, 0.6) is 5.75 Å². The predicted molar refractivity (Wildman–Crippen MR) is 161 cm³/mol. The number of carbonyl (C=O) groups excluding carboxylic acids is 1. The number of rotatable bonds is 12. The number of furan rings is 1. The van der Waals surface area contributed by atoms with Crippen molar-refractivity contribution in [3.63, 3.8) is 0 Å². The molecule has 0 spiro atoms. The Morgan fingerprint density at radius 1 is 1.10 bits per heavy atom. The number of thiazole rings is 1. The molecule has 0 bridgehead atoms. The van der Waals surface area contributed by atoms with E-state index in [9.17, 15) is 23.3 Å². The number of hydrogen-bond acceptors (Lipinski definition) is 10. The molecule has 222 valence electrons. The van der Waals surface area contributed by atoms with Crippen LogP contribution < -0.4 is 9.75 Å². The Kier molecular flexibility index (Phi) is 9.39. The van der Waals surface area contributed by atoms with Gasteiger partial charge in [-0.1, -0.05) is 39.0 Å². The molecule has 12 nitrogen and oxygen atoms in total. The van der Waals surface area contributed by atoms with Crippen molar-refractivity contribution >= 4 is 54.7 Å². The Morgan fingerprint density at radius 2 is 1.76 bits per heavy atom. The fourth-order valence-electron chi connectivity index (χ4n) is 4.05. The number of fused-ring (bicyclic) bond motifs is 1. The molecule has 0 fully saturated rings. The van der Waals surface area contributed by atoms with Crippen LogP contribution in [0.1, 0.15) is 43.8 Å². The molecule has 1 amide bonds. The van der Waals surface area contributed by atoms with E-state index in [2.05, 4.69) is 10.1 Å². The third kappa shape index (κ3) is 7.01. The summed E-state index contributed by atoms with van der Waals surface area (Å²) in [6, 6.07) is 13.4. The van der Waals surface area contributed by atoms with E-state index >= 15 is 0 Å². The van der Waals surface area contributed by atoms with Crippen molar-refractivity contribution < 1.29 is 27.3 Å². The minimum Gasteiger partial charge on any atom is -0.497 e. The molecule has 42 heavy (non-hydrogen) atoms. The summed E-state index contributed by atoms with van der Waals surface area (Å²) in [6.45, 7) is 8.57. The van der Waals surface area contributed by atoms with E-state index in [0.29, 0.717) is 24.4 Å². The molecule has 0 radical (unpaired) electrons. The van der Waals surface area contributed by atoms with Crippen molar-refractivity contribution in [2.24, 2.45) is 16.9 Å². The molecule has 0 atom stereocenters. The fourth-order valence-corrected chi connectivity index (χ4v) is 6.77. The minimum atomic E-state index is -3.79. The smallest absolute Gasteiger partial charge is 0.433 e. The summed E-state index contributed by atoms with van der Waals surface area (Å²) in [5.74, 6) is -0.127. The fraction of sp³-hybridized carbons (Fsp3) is 0.321. The molecule has 4 aromatic rings. The number of ether oxygens (including phenoxy) is 1. The molecule has 0 aliphatic rings. The second-order valence-electron chi connectivity index (χ2n) is 10.3. The molecule has 0 N–H and O–H groups in total. The van der Waals surface area contributed by atoms with Gasteiger partial charge >= 0.3 is 5.88 Å². The van der Waals surface area contributed by atoms with Crippen LogP contribution in [-0.2, 0) is 10.0 Å². The SMILES string of the molecule is COc1ccc2nc(N(/N=C/c3ccc([N+](=O)[O-])o3)C(=O)c3ccc(S(=O)(=O)N(CC(C)C)CC(C)C)cc3)sc2c1. The zero-order valence-corrected chi connectivity index (χ0v) is 25.4. The highest BCUT2D eigenvalue weighted by atomic mass is 32.2. The third-order valence-electron chi connectivity index (χ3n) is 5.93. The lowest BCUT2D eigenvalue weighted by molar-refractivity contribution is -0.402. The number of methoxy groups -OCH3 is 1. The summed E-state index contributed by atoms with van der Waals surface area (Å²) in [5.41, 5.74) is 0.766. The molecule has 14 heteroatoms. The molecule has 0 aliphatic heterocycles. The average Bonchev–Trinajstić information content (AvgIpc) is 3.59. The van der Waals surface area contributed by atoms with Gasteiger partial charge in [-0.2, -0.15) is 14.4 Å². The van der Waals surface area contributed by atoms with Crippen LogP contribution in [0.3, 0.4) is 0 Å². The lowest BCUT2D eigenvalue weighted by Gasteiger charge is -2.25. The number of hydrazone groups is 1. The normalized spacial score (nSPS) is 12.2. The topological polar surface area (TPSA) is 148 Å². The summed E-state index contributed by atoms with van der Waals surface area (Å²) >= 11 is 1.18. The Morgan fingerprint density at radius 3 is 2.33 bits per heavy atom. The van der Waals surface area contributed by atoms with Crippen LogP contribution in [-0.4, -0.2) is 55.0 Å². The number of nitro groups is 1. The first kappa shape index (κ1) is 30.8. The number of hydrogen-bond donors (Lipinski definition) is 0. The van der Waals surface area contributed by atoms with E-state index in [1.165, 1.54) is 58.3 Å². The highest BCUT2D eigenvalue weighted by Crippen LogP contribution is 2.33. The molecule has 0 unspecified atom stereocenters. The van der Waals surface area contributed by atoms with E-state index < -0.39 is 26.7 Å². The van der Waals surface area contributed by atoms with Gasteiger partial charge in [0.05, 0.1) is 34.5 Å². The van der Waals surface area contributed by atoms with E-state index in [1.807, 2.05) is 27.7 Å². The lowest BCUT2D eigenvalue weighted by atomic mass is 10.2. The van der Waals surface area contributed by atoms with E-state index in [-0.39, 0.29) is 33.2 Å². The maximum absolute atomic E-state index is 13.7. The van der Waals surface area contributed by atoms with Crippen LogP contribution in [0.25, 0.3) is 10.2 Å². The maximum Gasteiger partial charge on any atom is 0.433 e. The van der Waals surface area contributed by atoms with Crippen molar-refractivity contribution in [3.8, 4) is 5.75 Å². The summed E-state index contributed by atoms with van der Waals surface area (Å²) in [5, 5.41) is 16.5. The average molecular weight is 614 g/mol. The van der Waals surface area contributed by atoms with Crippen molar-refractivity contribution in [1.82, 2.24) is 9.29 Å². The van der Waals surface area contributed by atoms with Crippen molar-refractivity contribution in [2.75, 3.05) is 25.2 Å². The van der Waals surface area contributed by atoms with E-state index in [1.54, 1.807) is 25.3 Å². The van der Waals surface area contributed by atoms with Crippen molar-refractivity contribution in [2.45, 2.75) is 32.6 Å². The number of nitrogens with zero attached hydrogens (tertiary/aromatic N) is 5. The zero-order valence-electron chi connectivity index (χ0n) is 23.8. The molecular formula is C28H31N5O7S2. The quantitative estimate of drug-likeness (QED) is 0.111. The molecule has 0 aliphatic carbocycles. The molecular weight excluding hydrogens is 582 g/mol. The molecule has 0 saturated heterocycles. The van der Waals surface area contributed by atoms with Gasteiger partial charge in [0.25, 0.3) is 5.91 Å². The van der Waals surface area contributed by atoms with Gasteiger partial charge in [-0.15, -0.1) is 0 Å². The van der Waals surface area contributed by atoms with Crippen LogP contribution in [0.4, 0.5) is 11.0 Å². The van der Waals surface area contributed by atoms with Crippen molar-refractivity contribution in [1.29, 1.82) is 0 Å². The molecule has 0 saturated carbocycles. The maximum atomic E-state index is 13.7. The number of benzene rings is 2. The summed E-state index contributed by atoms with van der Waals surface area (Å²) < 4.78 is 39.5. The van der Waals surface area contributed by atoms with Gasteiger partial charge in [-0.3, -0.25) is 14.9 Å². The predicted octanol–water partition coefficient (Wildman–Crippen LogP) is 5.79. The van der Waals surface area contributed by atoms with Crippen LogP contribution in [0.15, 0.2) is 69.0 Å². The van der Waals surface area contributed by atoms with Crippen LogP contribution >= 0.6 is 11.3 Å². The second-order valence-corrected chi connectivity index (χ2v) is 13.2. The molecule has 2 aromatic carbocycles. The highest BCUT2D eigenvalue weighted by molar-refractivity contribution is 7.89. The summed E-state index contributed by atoms with van der Waals surface area (Å²) in [4.78, 5) is 28.6. The third-order valence-corrected chi connectivity index (χ3v) is 8.77. The first-order valence-corrected chi connectivity index (χ1v) is 15.3. The lowest BCUT2D eigenvalue weighted by Crippen LogP contribution is -2.37. The number of aromatic nitrogens is 1. The van der Waals surface area contributed by atoms with Gasteiger partial charge in [0.1, 0.15) is 10.7 Å². The standard InChI is InChI=1S/C28H31N5O7S2/c1-18(2)16-31(17-19(3)4)42(37,38)23-10-6-20(7-11-23)27(34)32(29-15-22-9-13-26(40-22)33(35)36)28-30-24-12-8-21(39-5)14-25(24)41-28/h6-15,18-19H,16-17H2,1-5H3/b29-15+. The van der Waals surface area contributed by atoms with E-state index in [4.69, 9.17) is 9.15 Å². The van der Waals surface area contributed by atoms with Gasteiger partial charge in [-0.05, 0) is 60.4 Å². The Bertz CT molecular complexity index is 1700. The zero-order chi connectivity index (χ0) is 30.6. The van der Waals surface area contributed by atoms with Gasteiger partial charge < -0.3 is 9.15 Å². The molecule has 2 heterocycles. The molecule has 4 rings (SSSR count). The second kappa shape index (κ2) is 12.8. The van der Waals surface area contributed by atoms with Gasteiger partial charge in [0.2, 0.25) is 15.2 Å². The number of carbonyl (C=O) groups is 1. The Hall–Kier alpha value is -4.14. The van der Waals surface area contributed by atoms with Crippen LogP contribution in [0.2, 0.25) is 0 Å². The summed E-state index contributed by atoms with van der Waals surface area (Å²) in [6.07, 6.45) is 1.17.